The summed E-state index contributed by atoms with van der Waals surface area (Å²) in [6.45, 7) is 7.38. The summed E-state index contributed by atoms with van der Waals surface area (Å²) in [6.07, 6.45) is 0.572. The second-order valence-corrected chi connectivity index (χ2v) is 11.9. The van der Waals surface area contributed by atoms with Gasteiger partial charge in [-0.3, -0.25) is 9.59 Å². The first kappa shape index (κ1) is 30.6. The molecule has 1 unspecified atom stereocenters. The van der Waals surface area contributed by atoms with E-state index in [0.29, 0.717) is 30.0 Å². The Morgan fingerprint density at radius 1 is 0.909 bits per heavy atom. The molecule has 3 aliphatic heterocycles. The van der Waals surface area contributed by atoms with Gasteiger partial charge in [-0.25, -0.2) is 0 Å². The molecule has 3 fully saturated rings. The average molecular weight is 601 g/mol. The molecule has 6 rings (SSSR count). The maximum absolute atomic E-state index is 13.2. The second kappa shape index (κ2) is 13.3. The van der Waals surface area contributed by atoms with Crippen molar-refractivity contribution in [3.63, 3.8) is 0 Å². The number of hydrogen-bond acceptors (Lipinski definition) is 8. The normalized spacial score (nSPS) is 25.2. The van der Waals surface area contributed by atoms with Crippen LogP contribution in [0.2, 0.25) is 0 Å². The minimum absolute atomic E-state index is 0.0203. The number of aliphatic hydroxyl groups is 1. The number of ether oxygens (including phenoxy) is 4. The largest absolute Gasteiger partial charge is 0.392 e. The van der Waals surface area contributed by atoms with E-state index in [9.17, 15) is 14.7 Å². The Morgan fingerprint density at radius 3 is 2.32 bits per heavy atom. The van der Waals surface area contributed by atoms with Crippen LogP contribution in [-0.2, 0) is 25.6 Å². The van der Waals surface area contributed by atoms with Crippen LogP contribution in [0.1, 0.15) is 76.5 Å². The van der Waals surface area contributed by atoms with E-state index in [1.807, 2.05) is 36.4 Å². The highest BCUT2D eigenvalue weighted by molar-refractivity contribution is 6.05. The van der Waals surface area contributed by atoms with Crippen molar-refractivity contribution in [3.05, 3.63) is 101 Å². The van der Waals surface area contributed by atoms with Crippen molar-refractivity contribution in [2.24, 2.45) is 5.92 Å². The molecule has 2 N–H and O–H groups in total. The molecule has 3 aromatic carbocycles. The van der Waals surface area contributed by atoms with E-state index in [0.717, 1.165) is 49.2 Å². The number of carbonyl (C=O) groups is 2. The fraction of sp³-hybridized carbons (Fsp3) is 0.429. The van der Waals surface area contributed by atoms with Crippen LogP contribution >= 0.6 is 0 Å². The van der Waals surface area contributed by atoms with Crippen molar-refractivity contribution in [2.75, 3.05) is 38.2 Å². The van der Waals surface area contributed by atoms with E-state index in [4.69, 9.17) is 18.9 Å². The van der Waals surface area contributed by atoms with Gasteiger partial charge in [-0.1, -0.05) is 55.5 Å². The van der Waals surface area contributed by atoms with Crippen LogP contribution in [0.4, 0.5) is 5.69 Å². The molecular formula is C35H40N2O7. The quantitative estimate of drug-likeness (QED) is 0.337. The zero-order valence-electron chi connectivity index (χ0n) is 25.2. The molecule has 0 radical (unpaired) electrons. The number of anilines is 1. The lowest BCUT2D eigenvalue weighted by molar-refractivity contribution is -0.278. The number of hydrogen-bond donors (Lipinski definition) is 2. The molecule has 0 aliphatic carbocycles. The van der Waals surface area contributed by atoms with Gasteiger partial charge in [0.2, 0.25) is 0 Å². The van der Waals surface area contributed by atoms with Gasteiger partial charge in [-0.2, -0.15) is 0 Å². The fourth-order valence-corrected chi connectivity index (χ4v) is 6.29. The summed E-state index contributed by atoms with van der Waals surface area (Å²) in [5.41, 5.74) is 4.14. The van der Waals surface area contributed by atoms with Gasteiger partial charge >= 0.3 is 0 Å². The summed E-state index contributed by atoms with van der Waals surface area (Å²) >= 11 is 0. The molecule has 232 valence electrons. The molecule has 1 spiro atoms. The number of carbonyl (C=O) groups excluding carboxylic acids is 2. The van der Waals surface area contributed by atoms with Crippen LogP contribution in [0.5, 0.6) is 0 Å². The van der Waals surface area contributed by atoms with Gasteiger partial charge in [-0.05, 0) is 42.3 Å². The van der Waals surface area contributed by atoms with Crippen molar-refractivity contribution in [1.82, 2.24) is 4.90 Å². The van der Waals surface area contributed by atoms with Crippen molar-refractivity contribution in [3.8, 4) is 0 Å². The van der Waals surface area contributed by atoms with Crippen molar-refractivity contribution in [2.45, 2.75) is 57.6 Å². The second-order valence-electron chi connectivity index (χ2n) is 11.9. The Labute approximate surface area is 258 Å². The van der Waals surface area contributed by atoms with E-state index in [-0.39, 0.29) is 36.4 Å². The van der Waals surface area contributed by atoms with Crippen LogP contribution in [0.25, 0.3) is 0 Å². The molecule has 0 saturated carbocycles. The number of likely N-dealkylation sites (tertiary alicyclic amines) is 1. The zero-order valence-corrected chi connectivity index (χ0v) is 25.2. The van der Waals surface area contributed by atoms with E-state index in [2.05, 4.69) is 17.1 Å². The Hall–Kier alpha value is -3.44. The zero-order chi connectivity index (χ0) is 30.7. The standard InChI is InChI=1S/C35H40N2O7/c1-23-31(21-37-15-13-35(14-16-37)41-17-18-42-35)43-34(44-32(23)26-11-9-25(22-38)10-12-26)29-7-3-6-28(19-29)33(40)36-30-8-4-5-27(20-30)24(2)39/h3-12,19-20,23,31-32,34,38H,13-18,21-22H2,1-2H3,(H,36,40)/t23-,31+,32+,34?/m0/s1. The molecular weight excluding hydrogens is 560 g/mol. The van der Waals surface area contributed by atoms with E-state index in [1.54, 1.807) is 36.4 Å². The van der Waals surface area contributed by atoms with Gasteiger partial charge in [0.15, 0.2) is 17.9 Å². The lowest BCUT2D eigenvalue weighted by Crippen LogP contribution is -2.50. The van der Waals surface area contributed by atoms with Crippen LogP contribution in [0.15, 0.2) is 72.8 Å². The van der Waals surface area contributed by atoms with Gasteiger partial charge in [0.1, 0.15) is 0 Å². The van der Waals surface area contributed by atoms with Crippen molar-refractivity contribution in [1.29, 1.82) is 0 Å². The smallest absolute Gasteiger partial charge is 0.255 e. The SMILES string of the molecule is CC(=O)c1cccc(NC(=O)c2cccc(C3O[C@H](CN4CCC5(CC4)OCCO5)[C@H](C)[C@H](c4ccc(CO)cc4)O3)c2)c1. The Morgan fingerprint density at radius 2 is 1.61 bits per heavy atom. The van der Waals surface area contributed by atoms with Gasteiger partial charge < -0.3 is 34.3 Å². The van der Waals surface area contributed by atoms with Gasteiger partial charge in [-0.15, -0.1) is 0 Å². The first-order valence-corrected chi connectivity index (χ1v) is 15.4. The predicted molar refractivity (Wildman–Crippen MR) is 164 cm³/mol. The van der Waals surface area contributed by atoms with Gasteiger partial charge in [0, 0.05) is 60.8 Å². The van der Waals surface area contributed by atoms with Gasteiger partial charge in [0.05, 0.1) is 32.0 Å². The number of rotatable bonds is 8. The maximum Gasteiger partial charge on any atom is 0.255 e. The van der Waals surface area contributed by atoms with E-state index < -0.39 is 12.1 Å². The first-order chi connectivity index (χ1) is 21.3. The van der Waals surface area contributed by atoms with Crippen LogP contribution in [0.3, 0.4) is 0 Å². The number of benzene rings is 3. The predicted octanol–water partition coefficient (Wildman–Crippen LogP) is 5.26. The Bertz CT molecular complexity index is 1460. The molecule has 44 heavy (non-hydrogen) atoms. The van der Waals surface area contributed by atoms with Crippen molar-refractivity contribution >= 4 is 17.4 Å². The number of nitrogens with zero attached hydrogens (tertiary/aromatic N) is 1. The summed E-state index contributed by atoms with van der Waals surface area (Å²) < 4.78 is 25.1. The number of amides is 1. The topological polar surface area (TPSA) is 107 Å². The van der Waals surface area contributed by atoms with E-state index in [1.165, 1.54) is 6.92 Å². The number of piperidine rings is 1. The highest BCUT2D eigenvalue weighted by atomic mass is 16.7. The lowest BCUT2D eigenvalue weighted by Gasteiger charge is -2.44. The first-order valence-electron chi connectivity index (χ1n) is 15.4. The minimum Gasteiger partial charge on any atom is -0.392 e. The monoisotopic (exact) mass is 600 g/mol. The molecule has 3 aromatic rings. The average Bonchev–Trinajstić information content (AvgIpc) is 3.51. The number of ketones is 1. The Kier molecular flexibility index (Phi) is 9.23. The molecule has 3 aliphatic rings. The number of aliphatic hydroxyl groups excluding tert-OH is 1. The third kappa shape index (κ3) is 6.78. The third-order valence-corrected chi connectivity index (χ3v) is 8.94. The molecule has 4 atom stereocenters. The molecule has 3 heterocycles. The van der Waals surface area contributed by atoms with E-state index >= 15 is 0 Å². The molecule has 9 nitrogen and oxygen atoms in total. The third-order valence-electron chi connectivity index (χ3n) is 8.94. The molecule has 3 saturated heterocycles. The Balaban J connectivity index is 1.21. The lowest BCUT2D eigenvalue weighted by atomic mass is 9.89. The highest BCUT2D eigenvalue weighted by Gasteiger charge is 2.43. The molecule has 0 aromatic heterocycles. The highest BCUT2D eigenvalue weighted by Crippen LogP contribution is 2.42. The van der Waals surface area contributed by atoms with Crippen LogP contribution in [-0.4, -0.2) is 66.4 Å². The van der Waals surface area contributed by atoms with Crippen LogP contribution < -0.4 is 5.32 Å². The molecule has 0 bridgehead atoms. The maximum atomic E-state index is 13.2. The van der Waals surface area contributed by atoms with Crippen molar-refractivity contribution < 1.29 is 33.6 Å². The molecule has 9 heteroatoms. The summed E-state index contributed by atoms with van der Waals surface area (Å²) in [7, 11) is 0. The van der Waals surface area contributed by atoms with Crippen LogP contribution in [0, 0.1) is 5.92 Å². The summed E-state index contributed by atoms with van der Waals surface area (Å²) in [4.78, 5) is 27.4. The number of nitrogens with one attached hydrogen (secondary N) is 1. The fourth-order valence-electron chi connectivity index (χ4n) is 6.29. The summed E-state index contributed by atoms with van der Waals surface area (Å²) in [5.74, 6) is -0.750. The summed E-state index contributed by atoms with van der Waals surface area (Å²) in [5, 5.41) is 12.5. The minimum atomic E-state index is -0.690. The number of Topliss-reactive ketones (excluding diaryl/α,β-unsaturated/α-hetero) is 1. The summed E-state index contributed by atoms with van der Waals surface area (Å²) in [6, 6.07) is 22.0. The molecule has 1 amide bonds. The van der Waals surface area contributed by atoms with Gasteiger partial charge in [0.25, 0.3) is 5.91 Å².